The Hall–Kier alpha value is -2.61. The number of alkyl halides is 3. The number of halogens is 3. The average molecular weight is 510 g/mol. The molecule has 0 fully saturated rings. The number of hydrogen-bond acceptors (Lipinski definition) is 5. The number of carbonyl (C=O) groups excluding carboxylic acids is 1. The highest BCUT2D eigenvalue weighted by atomic mass is 19.4. The third-order valence-electron chi connectivity index (χ3n) is 6.40. The van der Waals surface area contributed by atoms with Crippen LogP contribution in [0.2, 0.25) is 0 Å². The first kappa shape index (κ1) is 29.6. The van der Waals surface area contributed by atoms with Crippen LogP contribution in [0.5, 0.6) is 5.75 Å². The summed E-state index contributed by atoms with van der Waals surface area (Å²) in [6.45, 7) is 3.80. The van der Waals surface area contributed by atoms with Crippen molar-refractivity contribution in [3.05, 3.63) is 59.4 Å². The summed E-state index contributed by atoms with van der Waals surface area (Å²) in [6.07, 6.45) is 2.31. The SMILES string of the molecule is CCCCC[C@H](CCCCCCc1ccc(O)c(C)n1)OC(=O)[C@](OC)(c1ccccc1)C(F)(F)F. The van der Waals surface area contributed by atoms with Gasteiger partial charge in [0, 0.05) is 18.4 Å². The maximum absolute atomic E-state index is 14.2. The molecule has 0 bridgehead atoms. The molecule has 5 nitrogen and oxygen atoms in total. The first-order valence-corrected chi connectivity index (χ1v) is 12.7. The molecular formula is C28H38F3NO4. The quantitative estimate of drug-likeness (QED) is 0.203. The molecule has 0 unspecified atom stereocenters. The van der Waals surface area contributed by atoms with E-state index in [1.54, 1.807) is 25.1 Å². The molecule has 2 rings (SSSR count). The number of nitrogens with zero attached hydrogens (tertiary/aromatic N) is 1. The van der Waals surface area contributed by atoms with Crippen molar-refractivity contribution in [1.29, 1.82) is 0 Å². The van der Waals surface area contributed by atoms with Crippen LogP contribution in [0.3, 0.4) is 0 Å². The summed E-state index contributed by atoms with van der Waals surface area (Å²) in [5.41, 5.74) is -1.94. The van der Waals surface area contributed by atoms with Gasteiger partial charge >= 0.3 is 12.1 Å². The third kappa shape index (κ3) is 7.95. The van der Waals surface area contributed by atoms with E-state index in [0.29, 0.717) is 18.5 Å². The van der Waals surface area contributed by atoms with E-state index >= 15 is 0 Å². The zero-order chi connectivity index (χ0) is 26.6. The minimum atomic E-state index is -4.98. The van der Waals surface area contributed by atoms with E-state index in [1.807, 2.05) is 6.92 Å². The zero-order valence-electron chi connectivity index (χ0n) is 21.4. The molecule has 0 amide bonds. The Balaban J connectivity index is 1.98. The summed E-state index contributed by atoms with van der Waals surface area (Å²) >= 11 is 0. The first-order valence-electron chi connectivity index (χ1n) is 12.7. The first-order chi connectivity index (χ1) is 17.2. The van der Waals surface area contributed by atoms with Gasteiger partial charge in [0.1, 0.15) is 11.9 Å². The predicted octanol–water partition coefficient (Wildman–Crippen LogP) is 7.18. The molecule has 36 heavy (non-hydrogen) atoms. The molecule has 0 aliphatic heterocycles. The lowest BCUT2D eigenvalue weighted by atomic mass is 9.92. The van der Waals surface area contributed by atoms with Crippen molar-refractivity contribution >= 4 is 5.97 Å². The Morgan fingerprint density at radius 2 is 1.61 bits per heavy atom. The highest BCUT2D eigenvalue weighted by molar-refractivity contribution is 5.82. The van der Waals surface area contributed by atoms with E-state index in [-0.39, 0.29) is 11.3 Å². The summed E-state index contributed by atoms with van der Waals surface area (Å²) in [6, 6.07) is 10.4. The van der Waals surface area contributed by atoms with Crippen LogP contribution in [0.25, 0.3) is 0 Å². The van der Waals surface area contributed by atoms with Gasteiger partial charge in [0.05, 0.1) is 5.69 Å². The number of aromatic nitrogens is 1. The number of benzene rings is 1. The van der Waals surface area contributed by atoms with E-state index in [4.69, 9.17) is 9.47 Å². The lowest BCUT2D eigenvalue weighted by molar-refractivity contribution is -0.278. The Morgan fingerprint density at radius 3 is 2.19 bits per heavy atom. The van der Waals surface area contributed by atoms with Crippen molar-refractivity contribution in [3.63, 3.8) is 0 Å². The van der Waals surface area contributed by atoms with Crippen LogP contribution in [-0.4, -0.2) is 35.4 Å². The lowest BCUT2D eigenvalue weighted by Crippen LogP contribution is -2.52. The number of hydrogen-bond donors (Lipinski definition) is 1. The summed E-state index contributed by atoms with van der Waals surface area (Å²) in [7, 11) is 0.887. The second-order valence-corrected chi connectivity index (χ2v) is 9.13. The number of esters is 1. The van der Waals surface area contributed by atoms with E-state index < -0.39 is 23.9 Å². The van der Waals surface area contributed by atoms with E-state index in [9.17, 15) is 23.1 Å². The smallest absolute Gasteiger partial charge is 0.432 e. The molecule has 0 spiro atoms. The number of pyridine rings is 1. The maximum atomic E-state index is 14.2. The topological polar surface area (TPSA) is 68.7 Å². The standard InChI is InChI=1S/C28H38F3NO4/c1-4-5-9-17-24(18-13-7-6-12-16-23-19-20-25(33)21(2)32-23)36-26(34)27(35-3,28(29,30)31)22-14-10-8-11-15-22/h8,10-11,14-15,19-20,24,33H,4-7,9,12-13,16-18H2,1-3H3/t24-,27-/m1/s1. The van der Waals surface area contributed by atoms with E-state index in [0.717, 1.165) is 64.2 Å². The number of unbranched alkanes of at least 4 members (excludes halogenated alkanes) is 5. The predicted molar refractivity (Wildman–Crippen MR) is 133 cm³/mol. The third-order valence-corrected chi connectivity index (χ3v) is 6.40. The van der Waals surface area contributed by atoms with Gasteiger partial charge in [-0.2, -0.15) is 13.2 Å². The number of carbonyl (C=O) groups is 1. The molecule has 0 aliphatic carbocycles. The minimum absolute atomic E-state index is 0.178. The monoisotopic (exact) mass is 509 g/mol. The second-order valence-electron chi connectivity index (χ2n) is 9.13. The molecule has 0 saturated carbocycles. The molecule has 0 aliphatic rings. The zero-order valence-corrected chi connectivity index (χ0v) is 21.4. The average Bonchev–Trinajstić information content (AvgIpc) is 2.84. The Labute approximate surface area is 212 Å². The number of rotatable bonds is 15. The van der Waals surface area contributed by atoms with Crippen molar-refractivity contribution in [2.45, 2.75) is 95.9 Å². The fraction of sp³-hybridized carbons (Fsp3) is 0.571. The number of methoxy groups -OCH3 is 1. The van der Waals surface area contributed by atoms with Crippen LogP contribution >= 0.6 is 0 Å². The van der Waals surface area contributed by atoms with Crippen molar-refractivity contribution in [2.75, 3.05) is 7.11 Å². The molecule has 8 heteroatoms. The van der Waals surface area contributed by atoms with Gasteiger partial charge in [-0.1, -0.05) is 62.9 Å². The summed E-state index contributed by atoms with van der Waals surface area (Å²) in [5, 5.41) is 9.58. The maximum Gasteiger partial charge on any atom is 0.432 e. The van der Waals surface area contributed by atoms with Gasteiger partial charge in [-0.3, -0.25) is 4.98 Å². The van der Waals surface area contributed by atoms with Crippen molar-refractivity contribution in [2.24, 2.45) is 0 Å². The van der Waals surface area contributed by atoms with Crippen molar-refractivity contribution in [1.82, 2.24) is 4.98 Å². The fourth-order valence-electron chi connectivity index (χ4n) is 4.28. The van der Waals surface area contributed by atoms with Gasteiger partial charge in [0.2, 0.25) is 0 Å². The van der Waals surface area contributed by atoms with Crippen LogP contribution in [-0.2, 0) is 26.3 Å². The van der Waals surface area contributed by atoms with E-state index in [2.05, 4.69) is 4.98 Å². The van der Waals surface area contributed by atoms with Gasteiger partial charge < -0.3 is 14.6 Å². The Kier molecular flexibility index (Phi) is 11.7. The summed E-state index contributed by atoms with van der Waals surface area (Å²) < 4.78 is 53.0. The molecule has 1 heterocycles. The van der Waals surface area contributed by atoms with Gasteiger partial charge in [-0.05, 0) is 57.6 Å². The molecule has 200 valence electrons. The van der Waals surface area contributed by atoms with Gasteiger partial charge in [0.15, 0.2) is 0 Å². The molecule has 0 radical (unpaired) electrons. The van der Waals surface area contributed by atoms with Crippen molar-refractivity contribution in [3.8, 4) is 5.75 Å². The molecule has 2 atom stereocenters. The van der Waals surface area contributed by atoms with Crippen LogP contribution in [0, 0.1) is 6.92 Å². The molecule has 1 N–H and O–H groups in total. The molecule has 1 aromatic carbocycles. The normalized spacial score (nSPS) is 14.3. The van der Waals surface area contributed by atoms with Crippen LogP contribution < -0.4 is 0 Å². The van der Waals surface area contributed by atoms with Crippen LogP contribution in [0.15, 0.2) is 42.5 Å². The summed E-state index contributed by atoms with van der Waals surface area (Å²) in [5.74, 6) is -1.24. The number of ether oxygens (including phenoxy) is 2. The van der Waals surface area contributed by atoms with Crippen LogP contribution in [0.1, 0.15) is 81.7 Å². The van der Waals surface area contributed by atoms with E-state index in [1.165, 1.54) is 24.3 Å². The highest BCUT2D eigenvalue weighted by Crippen LogP contribution is 2.43. The molecule has 2 aromatic rings. The highest BCUT2D eigenvalue weighted by Gasteiger charge is 2.64. The molecular weight excluding hydrogens is 471 g/mol. The number of aromatic hydroxyl groups is 1. The Bertz CT molecular complexity index is 936. The molecule has 1 aromatic heterocycles. The lowest BCUT2D eigenvalue weighted by Gasteiger charge is -2.34. The number of aryl methyl sites for hydroxylation is 2. The summed E-state index contributed by atoms with van der Waals surface area (Å²) in [4.78, 5) is 17.4. The largest absolute Gasteiger partial charge is 0.506 e. The fourth-order valence-corrected chi connectivity index (χ4v) is 4.28. The van der Waals surface area contributed by atoms with Crippen LogP contribution in [0.4, 0.5) is 13.2 Å². The molecule has 0 saturated heterocycles. The minimum Gasteiger partial charge on any atom is -0.506 e. The van der Waals surface area contributed by atoms with Crippen molar-refractivity contribution < 1.29 is 32.5 Å². The van der Waals surface area contributed by atoms with Gasteiger partial charge in [-0.15, -0.1) is 0 Å². The Morgan fingerprint density at radius 1 is 0.972 bits per heavy atom. The second kappa shape index (κ2) is 14.2. The van der Waals surface area contributed by atoms with Gasteiger partial charge in [-0.25, -0.2) is 4.79 Å². The van der Waals surface area contributed by atoms with Gasteiger partial charge in [0.25, 0.3) is 5.60 Å².